The van der Waals surface area contributed by atoms with Gasteiger partial charge in [-0.2, -0.15) is 5.10 Å². The zero-order chi connectivity index (χ0) is 23.4. The fraction of sp³-hybridized carbons (Fsp3) is 0.321. The van der Waals surface area contributed by atoms with Crippen LogP contribution in [0.1, 0.15) is 48.0 Å². The first-order valence-corrected chi connectivity index (χ1v) is 12.2. The molecule has 172 valence electrons. The van der Waals surface area contributed by atoms with E-state index >= 15 is 0 Å². The molecule has 0 aliphatic heterocycles. The van der Waals surface area contributed by atoms with E-state index in [2.05, 4.69) is 35.4 Å². The molecule has 2 saturated carbocycles. The summed E-state index contributed by atoms with van der Waals surface area (Å²) >= 11 is 6.46. The van der Waals surface area contributed by atoms with Crippen molar-refractivity contribution >= 4 is 45.0 Å². The minimum atomic E-state index is -0.687. The Balaban J connectivity index is 1.23. The molecule has 34 heavy (non-hydrogen) atoms. The number of benzene rings is 3. The maximum absolute atomic E-state index is 13.4. The van der Waals surface area contributed by atoms with Crippen molar-refractivity contribution in [2.75, 3.05) is 0 Å². The molecule has 1 aromatic heterocycles. The number of Topliss-reactive ketones (excluding diaryl/α,β-unsaturated/α-hetero) is 1. The summed E-state index contributed by atoms with van der Waals surface area (Å²) in [5, 5.41) is 17.5. The number of aliphatic carboxylic acids is 1. The lowest BCUT2D eigenvalue weighted by Gasteiger charge is -2.56. The number of carboxylic acid groups (broad SMARTS) is 1. The molecule has 0 amide bonds. The molecule has 1 spiro atoms. The SMILES string of the molecule is O=C(CC1CC2(C1)CC(C(=O)O)C2)c1ccc(Cl)c2cnn(Cc3ccc4ccccc4c3)c12. The highest BCUT2D eigenvalue weighted by Gasteiger charge is 2.54. The van der Waals surface area contributed by atoms with Gasteiger partial charge in [-0.15, -0.1) is 0 Å². The molecule has 1 N–H and O–H groups in total. The number of carbonyl (C=O) groups is 2. The summed E-state index contributed by atoms with van der Waals surface area (Å²) < 4.78 is 1.88. The number of rotatable bonds is 6. The van der Waals surface area contributed by atoms with Crippen LogP contribution in [0.2, 0.25) is 5.02 Å². The fourth-order valence-corrected chi connectivity index (χ4v) is 6.40. The van der Waals surface area contributed by atoms with Crippen molar-refractivity contribution in [3.63, 3.8) is 0 Å². The second-order valence-corrected chi connectivity index (χ2v) is 10.6. The Morgan fingerprint density at radius 1 is 1.03 bits per heavy atom. The molecule has 3 aromatic carbocycles. The van der Waals surface area contributed by atoms with E-state index in [9.17, 15) is 9.59 Å². The van der Waals surface area contributed by atoms with Crippen molar-refractivity contribution in [3.8, 4) is 0 Å². The minimum absolute atomic E-state index is 0.107. The quantitative estimate of drug-likeness (QED) is 0.331. The molecule has 2 aliphatic carbocycles. The van der Waals surface area contributed by atoms with Crippen molar-refractivity contribution in [2.24, 2.45) is 17.3 Å². The number of aromatic nitrogens is 2. The van der Waals surface area contributed by atoms with Gasteiger partial charge in [0.05, 0.1) is 29.2 Å². The smallest absolute Gasteiger partial charge is 0.306 e. The van der Waals surface area contributed by atoms with Gasteiger partial charge in [-0.3, -0.25) is 14.3 Å². The second-order valence-electron chi connectivity index (χ2n) is 10.2. The van der Waals surface area contributed by atoms with E-state index < -0.39 is 5.97 Å². The van der Waals surface area contributed by atoms with Crippen molar-refractivity contribution < 1.29 is 14.7 Å². The van der Waals surface area contributed by atoms with Crippen LogP contribution in [0.25, 0.3) is 21.7 Å². The van der Waals surface area contributed by atoms with Crippen molar-refractivity contribution in [3.05, 3.63) is 76.9 Å². The normalized spacial score (nSPS) is 23.7. The highest BCUT2D eigenvalue weighted by Crippen LogP contribution is 2.62. The molecule has 6 heteroatoms. The molecular weight excluding hydrogens is 448 g/mol. The third-order valence-corrected chi connectivity index (χ3v) is 8.15. The highest BCUT2D eigenvalue weighted by atomic mass is 35.5. The molecule has 5 nitrogen and oxygen atoms in total. The summed E-state index contributed by atoms with van der Waals surface area (Å²) in [5.41, 5.74) is 2.73. The van der Waals surface area contributed by atoms with Crippen molar-refractivity contribution in [1.29, 1.82) is 0 Å². The van der Waals surface area contributed by atoms with Crippen LogP contribution in [0.4, 0.5) is 0 Å². The van der Waals surface area contributed by atoms with E-state index in [0.29, 0.717) is 29.5 Å². The highest BCUT2D eigenvalue weighted by molar-refractivity contribution is 6.36. The number of hydrogen-bond donors (Lipinski definition) is 1. The zero-order valence-corrected chi connectivity index (χ0v) is 19.5. The van der Waals surface area contributed by atoms with Crippen LogP contribution in [0.15, 0.2) is 60.8 Å². The summed E-state index contributed by atoms with van der Waals surface area (Å²) in [7, 11) is 0. The van der Waals surface area contributed by atoms with Crippen LogP contribution in [-0.4, -0.2) is 26.6 Å². The Bertz CT molecular complexity index is 1440. The van der Waals surface area contributed by atoms with Gasteiger partial charge in [0.25, 0.3) is 0 Å². The van der Waals surface area contributed by atoms with E-state index in [-0.39, 0.29) is 17.1 Å². The van der Waals surface area contributed by atoms with Crippen LogP contribution in [0.5, 0.6) is 0 Å². The number of nitrogens with zero attached hydrogens (tertiary/aromatic N) is 2. The van der Waals surface area contributed by atoms with Crippen molar-refractivity contribution in [2.45, 2.75) is 38.6 Å². The summed E-state index contributed by atoms with van der Waals surface area (Å²) in [4.78, 5) is 24.5. The first kappa shape index (κ1) is 21.4. The van der Waals surface area contributed by atoms with Gasteiger partial charge in [-0.1, -0.05) is 48.0 Å². The fourth-order valence-electron chi connectivity index (χ4n) is 6.20. The molecule has 1 heterocycles. The summed E-state index contributed by atoms with van der Waals surface area (Å²) in [6.07, 6.45) is 5.66. The van der Waals surface area contributed by atoms with E-state index in [0.717, 1.165) is 42.1 Å². The standard InChI is InChI=1S/C28H25ClN2O3/c29-24-8-7-22(25(32)10-18-11-28(12-18)13-21(14-28)27(33)34)26-23(24)15-30-31(26)16-17-5-6-19-3-1-2-4-20(19)9-17/h1-9,15,18,21H,10-14,16H2,(H,33,34). The van der Waals surface area contributed by atoms with E-state index in [1.165, 1.54) is 10.8 Å². The van der Waals surface area contributed by atoms with E-state index in [1.807, 2.05) is 22.9 Å². The average molecular weight is 473 g/mol. The summed E-state index contributed by atoms with van der Waals surface area (Å²) in [6.45, 7) is 0.554. The van der Waals surface area contributed by atoms with E-state index in [1.54, 1.807) is 12.3 Å². The van der Waals surface area contributed by atoms with Gasteiger partial charge in [0.15, 0.2) is 5.78 Å². The Labute approximate surface area is 202 Å². The second kappa shape index (κ2) is 7.95. The van der Waals surface area contributed by atoms with Crippen LogP contribution in [0.3, 0.4) is 0 Å². The molecule has 4 aromatic rings. The number of fused-ring (bicyclic) bond motifs is 2. The van der Waals surface area contributed by atoms with E-state index in [4.69, 9.17) is 16.7 Å². The topological polar surface area (TPSA) is 72.2 Å². The van der Waals surface area contributed by atoms with Gasteiger partial charge < -0.3 is 5.11 Å². The maximum atomic E-state index is 13.4. The molecule has 0 radical (unpaired) electrons. The van der Waals surface area contributed by atoms with Gasteiger partial charge in [0, 0.05) is 17.4 Å². The predicted octanol–water partition coefficient (Wildman–Crippen LogP) is 6.36. The predicted molar refractivity (Wildman–Crippen MR) is 132 cm³/mol. The largest absolute Gasteiger partial charge is 0.481 e. The molecule has 0 unspecified atom stereocenters. The van der Waals surface area contributed by atoms with Gasteiger partial charge in [0.2, 0.25) is 0 Å². The van der Waals surface area contributed by atoms with Gasteiger partial charge in [-0.05, 0) is 71.6 Å². The lowest BCUT2D eigenvalue weighted by Crippen LogP contribution is -2.50. The number of carboxylic acids is 1. The number of carbonyl (C=O) groups excluding carboxylic acids is 1. The Morgan fingerprint density at radius 3 is 2.56 bits per heavy atom. The summed E-state index contributed by atoms with van der Waals surface area (Å²) in [5.74, 6) is -0.453. The average Bonchev–Trinajstić information content (AvgIpc) is 3.18. The minimum Gasteiger partial charge on any atom is -0.481 e. The van der Waals surface area contributed by atoms with Gasteiger partial charge in [-0.25, -0.2) is 0 Å². The number of ketones is 1. The van der Waals surface area contributed by atoms with Crippen molar-refractivity contribution in [1.82, 2.24) is 9.78 Å². The lowest BCUT2D eigenvalue weighted by atomic mass is 9.47. The molecule has 2 fully saturated rings. The van der Waals surface area contributed by atoms with Crippen LogP contribution in [-0.2, 0) is 11.3 Å². The third-order valence-electron chi connectivity index (χ3n) is 7.82. The molecular formula is C28H25ClN2O3. The number of hydrogen-bond acceptors (Lipinski definition) is 3. The molecule has 0 saturated heterocycles. The Hall–Kier alpha value is -3.18. The van der Waals surface area contributed by atoms with Crippen LogP contribution in [0, 0.1) is 17.3 Å². The third kappa shape index (κ3) is 3.59. The molecule has 6 rings (SSSR count). The lowest BCUT2D eigenvalue weighted by molar-refractivity contribution is -0.157. The number of halogens is 1. The van der Waals surface area contributed by atoms with Crippen LogP contribution < -0.4 is 0 Å². The molecule has 2 aliphatic rings. The first-order valence-electron chi connectivity index (χ1n) is 11.8. The Morgan fingerprint density at radius 2 is 1.79 bits per heavy atom. The Kier molecular flexibility index (Phi) is 4.99. The zero-order valence-electron chi connectivity index (χ0n) is 18.7. The monoisotopic (exact) mass is 472 g/mol. The molecule has 0 atom stereocenters. The van der Waals surface area contributed by atoms with Crippen LogP contribution >= 0.6 is 11.6 Å². The van der Waals surface area contributed by atoms with Gasteiger partial charge in [0.1, 0.15) is 0 Å². The first-order chi connectivity index (χ1) is 16.4. The summed E-state index contributed by atoms with van der Waals surface area (Å²) in [6, 6.07) is 18.2. The maximum Gasteiger partial charge on any atom is 0.306 e. The van der Waals surface area contributed by atoms with Gasteiger partial charge >= 0.3 is 5.97 Å². The molecule has 0 bridgehead atoms.